The number of hydrogen-bond donors (Lipinski definition) is 4. The summed E-state index contributed by atoms with van der Waals surface area (Å²) < 4.78 is 13.0. The van der Waals surface area contributed by atoms with Gasteiger partial charge >= 0.3 is 0 Å². The van der Waals surface area contributed by atoms with Crippen LogP contribution in [-0.2, 0) is 0 Å². The fourth-order valence-electron chi connectivity index (χ4n) is 2.85. The van der Waals surface area contributed by atoms with E-state index in [2.05, 4.69) is 10.3 Å². The fraction of sp³-hybridized carbons (Fsp3) is 0.400. The molecular weight excluding hydrogens is 427 g/mol. The third-order valence-electron chi connectivity index (χ3n) is 4.26. The second-order valence-electron chi connectivity index (χ2n) is 6.52. The predicted molar refractivity (Wildman–Crippen MR) is 137 cm³/mol. The fourth-order valence-corrected chi connectivity index (χ4v) is 3.12. The van der Waals surface area contributed by atoms with Crippen LogP contribution in [0.3, 0.4) is 0 Å². The van der Waals surface area contributed by atoms with Gasteiger partial charge in [-0.05, 0) is 62.3 Å². The molecule has 0 aliphatic rings. The van der Waals surface area contributed by atoms with Crippen molar-refractivity contribution in [2.45, 2.75) is 46.6 Å². The molecule has 0 bridgehead atoms. The molecule has 7 heteroatoms. The van der Waals surface area contributed by atoms with Crippen LogP contribution in [0, 0.1) is 5.82 Å². The van der Waals surface area contributed by atoms with Crippen molar-refractivity contribution in [1.82, 2.24) is 10.3 Å². The summed E-state index contributed by atoms with van der Waals surface area (Å²) in [6.07, 6.45) is 2.82. The lowest BCUT2D eigenvalue weighted by molar-refractivity contribution is 0.112. The second-order valence-corrected chi connectivity index (χ2v) is 6.92. The highest BCUT2D eigenvalue weighted by molar-refractivity contribution is 6.33. The molecule has 3 aromatic rings. The molecule has 0 amide bonds. The molecule has 1 aromatic heterocycles. The number of rotatable bonds is 7. The van der Waals surface area contributed by atoms with Gasteiger partial charge in [0.2, 0.25) is 0 Å². The van der Waals surface area contributed by atoms with Crippen molar-refractivity contribution >= 4 is 28.8 Å². The number of aromatic amines is 1. The number of benzene rings is 2. The van der Waals surface area contributed by atoms with E-state index in [4.69, 9.17) is 23.1 Å². The van der Waals surface area contributed by atoms with Crippen molar-refractivity contribution < 1.29 is 9.18 Å². The molecule has 0 saturated heterocycles. The number of hydrogen-bond acceptors (Lipinski definition) is 4. The zero-order chi connectivity index (χ0) is 24.5. The number of fused-ring (bicyclic) bond motifs is 1. The van der Waals surface area contributed by atoms with E-state index in [1.807, 2.05) is 52.9 Å². The molecule has 0 fully saturated rings. The van der Waals surface area contributed by atoms with Crippen LogP contribution in [0.2, 0.25) is 5.02 Å². The Morgan fingerprint density at radius 2 is 1.81 bits per heavy atom. The molecule has 0 saturated carbocycles. The van der Waals surface area contributed by atoms with E-state index in [0.29, 0.717) is 10.7 Å². The Morgan fingerprint density at radius 3 is 2.38 bits per heavy atom. The number of halogens is 2. The van der Waals surface area contributed by atoms with Crippen molar-refractivity contribution in [2.24, 2.45) is 11.5 Å². The number of nitrogens with two attached hydrogens (primary N) is 2. The zero-order valence-corrected chi connectivity index (χ0v) is 20.6. The van der Waals surface area contributed by atoms with Crippen molar-refractivity contribution in [2.75, 3.05) is 20.1 Å². The highest BCUT2D eigenvalue weighted by Gasteiger charge is 2.07. The Bertz CT molecular complexity index is 914. The first-order valence-electron chi connectivity index (χ1n) is 11.1. The van der Waals surface area contributed by atoms with Crippen molar-refractivity contribution in [1.29, 1.82) is 0 Å². The first-order chi connectivity index (χ1) is 15.5. The summed E-state index contributed by atoms with van der Waals surface area (Å²) in [5.41, 5.74) is 14.0. The van der Waals surface area contributed by atoms with Crippen LogP contribution in [0.25, 0.3) is 22.0 Å². The minimum Gasteiger partial charge on any atom is -0.352 e. The highest BCUT2D eigenvalue weighted by Crippen LogP contribution is 2.30. The van der Waals surface area contributed by atoms with Crippen LogP contribution >= 0.6 is 11.6 Å². The Balaban J connectivity index is 0.000000629. The van der Waals surface area contributed by atoms with E-state index < -0.39 is 0 Å². The lowest BCUT2D eigenvalue weighted by Crippen LogP contribution is -2.32. The van der Waals surface area contributed by atoms with Gasteiger partial charge in [-0.3, -0.25) is 4.79 Å². The minimum absolute atomic E-state index is 0.276. The first kappa shape index (κ1) is 29.8. The molecule has 0 spiro atoms. The Kier molecular flexibility index (Phi) is 16.1. The summed E-state index contributed by atoms with van der Waals surface area (Å²) >= 11 is 6.04. The Morgan fingerprint density at radius 1 is 1.12 bits per heavy atom. The van der Waals surface area contributed by atoms with Gasteiger partial charge in [0.25, 0.3) is 0 Å². The van der Waals surface area contributed by atoms with E-state index in [9.17, 15) is 9.18 Å². The van der Waals surface area contributed by atoms with Gasteiger partial charge in [0.1, 0.15) is 5.82 Å². The predicted octanol–water partition coefficient (Wildman–Crippen LogP) is 5.76. The molecule has 5 nitrogen and oxygen atoms in total. The molecule has 178 valence electrons. The third kappa shape index (κ3) is 9.92. The van der Waals surface area contributed by atoms with Gasteiger partial charge in [-0.2, -0.15) is 0 Å². The van der Waals surface area contributed by atoms with Crippen molar-refractivity contribution in [3.8, 4) is 11.1 Å². The maximum Gasteiger partial charge on any atom is 0.166 e. The van der Waals surface area contributed by atoms with Crippen molar-refractivity contribution in [3.05, 3.63) is 59.0 Å². The number of carbonyl (C=O) groups is 1. The van der Waals surface area contributed by atoms with E-state index in [1.165, 1.54) is 12.1 Å². The van der Waals surface area contributed by atoms with Gasteiger partial charge in [-0.1, -0.05) is 51.4 Å². The van der Waals surface area contributed by atoms with Gasteiger partial charge < -0.3 is 21.8 Å². The zero-order valence-electron chi connectivity index (χ0n) is 19.8. The normalized spacial score (nSPS) is 10.7. The molecule has 1 unspecified atom stereocenters. The second kappa shape index (κ2) is 17.3. The quantitative estimate of drug-likeness (QED) is 0.334. The van der Waals surface area contributed by atoms with Crippen molar-refractivity contribution in [3.63, 3.8) is 0 Å². The number of likely N-dealkylation sites (N-methyl/N-ethyl adjacent to an activating group) is 1. The van der Waals surface area contributed by atoms with Crippen LogP contribution in [-0.4, -0.2) is 37.4 Å². The molecule has 2 aromatic carbocycles. The van der Waals surface area contributed by atoms with Crippen LogP contribution in [0.15, 0.2) is 42.5 Å². The molecule has 0 aliphatic carbocycles. The van der Waals surface area contributed by atoms with E-state index in [1.54, 1.807) is 12.1 Å². The first-order valence-corrected chi connectivity index (χ1v) is 11.5. The lowest BCUT2D eigenvalue weighted by Gasteiger charge is -2.08. The van der Waals surface area contributed by atoms with Crippen LogP contribution in [0.1, 0.15) is 51.0 Å². The van der Waals surface area contributed by atoms with Gasteiger partial charge in [-0.15, -0.1) is 0 Å². The molecule has 32 heavy (non-hydrogen) atoms. The average Bonchev–Trinajstić information content (AvgIpc) is 3.23. The number of nitrogens with one attached hydrogen (secondary N) is 2. The smallest absolute Gasteiger partial charge is 0.166 e. The maximum atomic E-state index is 13.0. The van der Waals surface area contributed by atoms with Gasteiger partial charge in [-0.25, -0.2) is 4.39 Å². The van der Waals surface area contributed by atoms with E-state index in [-0.39, 0.29) is 11.9 Å². The summed E-state index contributed by atoms with van der Waals surface area (Å²) in [5.74, 6) is -0.363. The molecule has 0 aliphatic heterocycles. The number of aldehydes is 1. The summed E-state index contributed by atoms with van der Waals surface area (Å²) in [4.78, 5) is 13.7. The summed E-state index contributed by atoms with van der Waals surface area (Å²) in [6, 6.07) is 12.0. The number of carbonyl (C=O) groups excluding carboxylic acids is 1. The maximum absolute atomic E-state index is 13.0. The molecule has 1 atom stereocenters. The third-order valence-corrected chi connectivity index (χ3v) is 4.57. The highest BCUT2D eigenvalue weighted by atomic mass is 35.5. The SMILES string of the molecule is CC.CC.CNCC(N)CCCN.O=Cc1cc2ccc(-c3ccc(F)cc3Cl)cc2[nH]1. The van der Waals surface area contributed by atoms with Gasteiger partial charge in [0.05, 0.1) is 10.7 Å². The standard InChI is InChI=1S/C15H9ClFNO.C6H17N3.2C2H6/c16-14-7-11(17)3-4-13(14)9-1-2-10-5-12(8-19)18-15(10)6-9;1-9-5-6(8)3-2-4-7;2*1-2/h1-8,18H;6,9H,2-5,7-8H2,1H3;2*1-2H3. The molecular formula is C25H38ClFN4O. The summed E-state index contributed by atoms with van der Waals surface area (Å²) in [7, 11) is 1.91. The molecule has 0 radical (unpaired) electrons. The lowest BCUT2D eigenvalue weighted by atomic mass is 10.0. The number of aromatic nitrogens is 1. The van der Waals surface area contributed by atoms with E-state index >= 15 is 0 Å². The Hall–Kier alpha value is -2.25. The van der Waals surface area contributed by atoms with E-state index in [0.717, 1.165) is 54.2 Å². The minimum atomic E-state index is -0.363. The number of H-pyrrole nitrogens is 1. The molecule has 1 heterocycles. The van der Waals surface area contributed by atoms with Gasteiger partial charge in [0, 0.05) is 29.1 Å². The molecule has 3 rings (SSSR count). The van der Waals surface area contributed by atoms with Crippen LogP contribution < -0.4 is 16.8 Å². The van der Waals surface area contributed by atoms with Crippen LogP contribution in [0.5, 0.6) is 0 Å². The monoisotopic (exact) mass is 464 g/mol. The topological polar surface area (TPSA) is 96.9 Å². The Labute approximate surface area is 196 Å². The largest absolute Gasteiger partial charge is 0.352 e. The molecule has 6 N–H and O–H groups in total. The van der Waals surface area contributed by atoms with Crippen LogP contribution in [0.4, 0.5) is 4.39 Å². The summed E-state index contributed by atoms with van der Waals surface area (Å²) in [5, 5.41) is 4.32. The van der Waals surface area contributed by atoms with Gasteiger partial charge in [0.15, 0.2) is 6.29 Å². The summed E-state index contributed by atoms with van der Waals surface area (Å²) in [6.45, 7) is 9.64. The average molecular weight is 465 g/mol.